The highest BCUT2D eigenvalue weighted by atomic mass is 35.5. The first kappa shape index (κ1) is 26.2. The molecule has 2 N–H and O–H groups in total. The van der Waals surface area contributed by atoms with Crippen molar-refractivity contribution in [1.29, 1.82) is 0 Å². The van der Waals surface area contributed by atoms with E-state index in [1.807, 2.05) is 26.0 Å². The van der Waals surface area contributed by atoms with Gasteiger partial charge in [0.1, 0.15) is 17.7 Å². The number of methoxy groups -OCH3 is 4. The van der Waals surface area contributed by atoms with Crippen molar-refractivity contribution in [2.75, 3.05) is 33.8 Å². The van der Waals surface area contributed by atoms with Gasteiger partial charge in [-0.15, -0.1) is 0 Å². The summed E-state index contributed by atoms with van der Waals surface area (Å²) >= 11 is 5.80. The SMILES string of the molecule is COc1ccc(-c2conc2-c2cc(OC)c(OC)c(OC)c2)cc1NC(=O)CC(NCl)C(C)C. The number of hydrogen-bond acceptors (Lipinski definition) is 8. The summed E-state index contributed by atoms with van der Waals surface area (Å²) in [6.07, 6.45) is 1.75. The van der Waals surface area contributed by atoms with Crippen LogP contribution in [0.25, 0.3) is 22.4 Å². The highest BCUT2D eigenvalue weighted by Crippen LogP contribution is 2.43. The van der Waals surface area contributed by atoms with Crippen molar-refractivity contribution in [2.24, 2.45) is 5.92 Å². The fraction of sp³-hybridized carbons (Fsp3) is 0.360. The van der Waals surface area contributed by atoms with Crippen LogP contribution in [0.1, 0.15) is 20.3 Å². The molecule has 0 saturated carbocycles. The Kier molecular flexibility index (Phi) is 8.84. The second kappa shape index (κ2) is 11.8. The van der Waals surface area contributed by atoms with E-state index in [0.29, 0.717) is 45.5 Å². The molecule has 35 heavy (non-hydrogen) atoms. The van der Waals surface area contributed by atoms with Crippen molar-refractivity contribution in [1.82, 2.24) is 9.99 Å². The molecule has 2 aromatic carbocycles. The number of halogens is 1. The van der Waals surface area contributed by atoms with Gasteiger partial charge in [0.15, 0.2) is 11.5 Å². The third-order valence-electron chi connectivity index (χ3n) is 5.64. The average molecular weight is 504 g/mol. The normalized spacial score (nSPS) is 11.8. The van der Waals surface area contributed by atoms with Crippen LogP contribution in [-0.2, 0) is 4.79 Å². The lowest BCUT2D eigenvalue weighted by Crippen LogP contribution is -2.32. The van der Waals surface area contributed by atoms with Crippen LogP contribution >= 0.6 is 11.8 Å². The van der Waals surface area contributed by atoms with E-state index in [1.165, 1.54) is 6.26 Å². The molecule has 188 valence electrons. The first-order valence-electron chi connectivity index (χ1n) is 11.0. The Hall–Kier alpha value is -3.43. The first-order chi connectivity index (χ1) is 16.9. The second-order valence-corrected chi connectivity index (χ2v) is 8.34. The summed E-state index contributed by atoms with van der Waals surface area (Å²) in [7, 11) is 6.18. The zero-order valence-electron chi connectivity index (χ0n) is 20.6. The molecule has 0 bridgehead atoms. The average Bonchev–Trinajstić information content (AvgIpc) is 3.36. The number of nitrogens with zero attached hydrogens (tertiary/aromatic N) is 1. The Morgan fingerprint density at radius 3 is 2.17 bits per heavy atom. The molecule has 3 rings (SSSR count). The van der Waals surface area contributed by atoms with Gasteiger partial charge in [-0.3, -0.25) is 4.79 Å². The van der Waals surface area contributed by atoms with Crippen molar-refractivity contribution in [3.05, 3.63) is 36.6 Å². The van der Waals surface area contributed by atoms with E-state index in [4.69, 9.17) is 35.2 Å². The van der Waals surface area contributed by atoms with Gasteiger partial charge in [0.2, 0.25) is 11.7 Å². The first-order valence-corrected chi connectivity index (χ1v) is 11.3. The molecule has 1 atom stereocenters. The van der Waals surface area contributed by atoms with E-state index in [2.05, 4.69) is 15.3 Å². The van der Waals surface area contributed by atoms with E-state index in [-0.39, 0.29) is 24.3 Å². The van der Waals surface area contributed by atoms with Crippen LogP contribution in [0, 0.1) is 5.92 Å². The number of amides is 1. The summed E-state index contributed by atoms with van der Waals surface area (Å²) in [5, 5.41) is 7.13. The van der Waals surface area contributed by atoms with Crippen molar-refractivity contribution in [2.45, 2.75) is 26.3 Å². The Bertz CT molecular complexity index is 1140. The molecule has 9 nitrogen and oxygen atoms in total. The Balaban J connectivity index is 1.99. The summed E-state index contributed by atoms with van der Waals surface area (Å²) < 4.78 is 27.1. The van der Waals surface area contributed by atoms with Crippen molar-refractivity contribution < 1.29 is 28.3 Å². The lowest BCUT2D eigenvalue weighted by molar-refractivity contribution is -0.116. The molecule has 1 heterocycles. The second-order valence-electron chi connectivity index (χ2n) is 8.12. The summed E-state index contributed by atoms with van der Waals surface area (Å²) in [6, 6.07) is 8.86. The van der Waals surface area contributed by atoms with Crippen LogP contribution in [0.5, 0.6) is 23.0 Å². The lowest BCUT2D eigenvalue weighted by atomic mass is 10.00. The van der Waals surface area contributed by atoms with Gasteiger partial charge in [-0.1, -0.05) is 25.1 Å². The molecule has 3 aromatic rings. The quantitative estimate of drug-likeness (QED) is 0.347. The third kappa shape index (κ3) is 5.80. The van der Waals surface area contributed by atoms with E-state index in [1.54, 1.807) is 46.6 Å². The molecular formula is C25H30ClN3O6. The van der Waals surface area contributed by atoms with Crippen molar-refractivity contribution in [3.63, 3.8) is 0 Å². The van der Waals surface area contributed by atoms with Gasteiger partial charge in [0.05, 0.1) is 34.1 Å². The van der Waals surface area contributed by atoms with E-state index in [9.17, 15) is 4.79 Å². The third-order valence-corrected chi connectivity index (χ3v) is 5.92. The molecule has 0 radical (unpaired) electrons. The van der Waals surface area contributed by atoms with Gasteiger partial charge < -0.3 is 28.8 Å². The maximum atomic E-state index is 12.7. The fourth-order valence-electron chi connectivity index (χ4n) is 3.64. The topological polar surface area (TPSA) is 104 Å². The van der Waals surface area contributed by atoms with Crippen LogP contribution in [0.4, 0.5) is 5.69 Å². The number of anilines is 1. The van der Waals surface area contributed by atoms with Crippen LogP contribution in [0.15, 0.2) is 41.1 Å². The zero-order chi connectivity index (χ0) is 25.5. The molecule has 0 aliphatic carbocycles. The number of rotatable bonds is 11. The van der Waals surface area contributed by atoms with Gasteiger partial charge in [-0.05, 0) is 47.5 Å². The molecule has 0 saturated heterocycles. The highest BCUT2D eigenvalue weighted by molar-refractivity contribution is 6.13. The number of aromatic nitrogens is 1. The highest BCUT2D eigenvalue weighted by Gasteiger charge is 2.21. The van der Waals surface area contributed by atoms with Crippen molar-refractivity contribution >= 4 is 23.4 Å². The minimum Gasteiger partial charge on any atom is -0.495 e. The minimum absolute atomic E-state index is 0.171. The number of carbonyl (C=O) groups excluding carboxylic acids is 1. The van der Waals surface area contributed by atoms with Gasteiger partial charge in [-0.2, -0.15) is 0 Å². The summed E-state index contributed by atoms with van der Waals surface area (Å²) in [5.74, 6) is 1.97. The predicted molar refractivity (Wildman–Crippen MR) is 134 cm³/mol. The van der Waals surface area contributed by atoms with Crippen molar-refractivity contribution in [3.8, 4) is 45.4 Å². The van der Waals surface area contributed by atoms with E-state index < -0.39 is 0 Å². The molecular weight excluding hydrogens is 474 g/mol. The van der Waals surface area contributed by atoms with Gasteiger partial charge in [0.25, 0.3) is 0 Å². The molecule has 1 unspecified atom stereocenters. The van der Waals surface area contributed by atoms with Crippen LogP contribution < -0.4 is 29.1 Å². The minimum atomic E-state index is -0.192. The fourth-order valence-corrected chi connectivity index (χ4v) is 3.97. The van der Waals surface area contributed by atoms with E-state index >= 15 is 0 Å². The Morgan fingerprint density at radius 2 is 1.63 bits per heavy atom. The maximum absolute atomic E-state index is 12.7. The van der Waals surface area contributed by atoms with Gasteiger partial charge >= 0.3 is 0 Å². The molecule has 0 aliphatic heterocycles. The molecule has 0 spiro atoms. The molecule has 0 fully saturated rings. The lowest BCUT2D eigenvalue weighted by Gasteiger charge is -2.19. The number of hydrogen-bond donors (Lipinski definition) is 2. The largest absolute Gasteiger partial charge is 0.495 e. The number of carbonyl (C=O) groups is 1. The summed E-state index contributed by atoms with van der Waals surface area (Å²) in [5.41, 5.74) is 3.27. The van der Waals surface area contributed by atoms with Gasteiger partial charge in [-0.25, -0.2) is 4.84 Å². The Labute approximate surface area is 209 Å². The molecule has 1 amide bonds. The van der Waals surface area contributed by atoms with E-state index in [0.717, 1.165) is 5.56 Å². The Morgan fingerprint density at radius 1 is 0.971 bits per heavy atom. The maximum Gasteiger partial charge on any atom is 0.226 e. The van der Waals surface area contributed by atoms with Crippen LogP contribution in [0.3, 0.4) is 0 Å². The smallest absolute Gasteiger partial charge is 0.226 e. The molecule has 10 heteroatoms. The zero-order valence-corrected chi connectivity index (χ0v) is 21.4. The standard InChI is InChI=1S/C25H30ClN3O6/c1-14(2)18(28-26)12-23(30)27-19-9-15(7-8-20(19)31-3)17-13-35-29-24(17)16-10-21(32-4)25(34-6)22(11-16)33-5/h7-11,13-14,18,28H,12H2,1-6H3,(H,27,30). The summed E-state index contributed by atoms with van der Waals surface area (Å²) in [6.45, 7) is 3.98. The van der Waals surface area contributed by atoms with Crippen LogP contribution in [-0.4, -0.2) is 45.5 Å². The van der Waals surface area contributed by atoms with Gasteiger partial charge in [0, 0.05) is 23.6 Å². The summed E-state index contributed by atoms with van der Waals surface area (Å²) in [4.78, 5) is 15.4. The predicted octanol–water partition coefficient (Wildman–Crippen LogP) is 5.14. The number of nitrogens with one attached hydrogen (secondary N) is 2. The monoisotopic (exact) mass is 503 g/mol. The molecule has 0 aliphatic rings. The molecule has 1 aromatic heterocycles. The number of ether oxygens (including phenoxy) is 4. The number of benzene rings is 2. The van der Waals surface area contributed by atoms with Crippen LogP contribution in [0.2, 0.25) is 0 Å².